The number of rotatable bonds is 3. The van der Waals surface area contributed by atoms with Crippen molar-refractivity contribution >= 4 is 34.9 Å². The molecule has 1 aromatic carbocycles. The first-order valence-corrected chi connectivity index (χ1v) is 10.5. The van der Waals surface area contributed by atoms with Gasteiger partial charge in [0.25, 0.3) is 0 Å². The molecule has 152 valence electrons. The zero-order chi connectivity index (χ0) is 20.2. The van der Waals surface area contributed by atoms with E-state index >= 15 is 0 Å². The number of hydrogen-bond acceptors (Lipinski definition) is 4. The fourth-order valence-electron chi connectivity index (χ4n) is 3.41. The number of piperazine rings is 1. The minimum atomic E-state index is 0.472. The molecule has 2 aromatic rings. The predicted molar refractivity (Wildman–Crippen MR) is 122 cm³/mol. The lowest BCUT2D eigenvalue weighted by Crippen LogP contribution is -2.51. The minimum Gasteiger partial charge on any atom is -0.368 e. The van der Waals surface area contributed by atoms with Crippen LogP contribution in [0.2, 0.25) is 0 Å². The number of aromatic nitrogens is 2. The van der Waals surface area contributed by atoms with Crippen molar-refractivity contribution in [3.8, 4) is 0 Å². The Kier molecular flexibility index (Phi) is 5.89. The fourth-order valence-corrected chi connectivity index (χ4v) is 3.66. The molecule has 1 aliphatic carbocycles. The Hall–Kier alpha value is -2.74. The van der Waals surface area contributed by atoms with Gasteiger partial charge in [0, 0.05) is 49.3 Å². The molecule has 8 heteroatoms. The van der Waals surface area contributed by atoms with Gasteiger partial charge in [-0.05, 0) is 57.1 Å². The third-order valence-electron chi connectivity index (χ3n) is 5.02. The van der Waals surface area contributed by atoms with Gasteiger partial charge in [-0.25, -0.2) is 9.97 Å². The summed E-state index contributed by atoms with van der Waals surface area (Å²) in [6.07, 6.45) is 2.32. The highest BCUT2D eigenvalue weighted by Gasteiger charge is 2.24. The van der Waals surface area contributed by atoms with Crippen LogP contribution < -0.4 is 15.5 Å². The molecule has 0 bridgehead atoms. The molecule has 1 aromatic heterocycles. The molecule has 0 radical (unpaired) electrons. The summed E-state index contributed by atoms with van der Waals surface area (Å²) >= 11 is 5.47. The van der Waals surface area contributed by atoms with Crippen LogP contribution in [-0.2, 0) is 0 Å². The number of hydrogen-bond donors (Lipinski definition) is 2. The largest absolute Gasteiger partial charge is 0.368 e. The molecular formula is C21H27N7S. The number of nitrogens with zero attached hydrogens (tertiary/aromatic N) is 5. The number of guanidine groups is 1. The number of aryl methyl sites for hydroxylation is 2. The highest BCUT2D eigenvalue weighted by molar-refractivity contribution is 7.80. The second-order valence-electron chi connectivity index (χ2n) is 7.57. The van der Waals surface area contributed by atoms with Crippen LogP contribution >= 0.6 is 12.2 Å². The molecule has 2 heterocycles. The van der Waals surface area contributed by atoms with Gasteiger partial charge in [0.1, 0.15) is 0 Å². The van der Waals surface area contributed by atoms with Crippen LogP contribution in [0, 0.1) is 13.8 Å². The topological polar surface area (TPSA) is 68.7 Å². The Morgan fingerprint density at radius 1 is 1.03 bits per heavy atom. The van der Waals surface area contributed by atoms with Crippen molar-refractivity contribution in [1.29, 1.82) is 0 Å². The molecule has 0 unspecified atom stereocenters. The molecule has 0 atom stereocenters. The highest BCUT2D eigenvalue weighted by atomic mass is 32.1. The maximum atomic E-state index is 5.47. The maximum Gasteiger partial charge on any atom is 0.229 e. The lowest BCUT2D eigenvalue weighted by atomic mass is 10.2. The normalized spacial score (nSPS) is 17.2. The van der Waals surface area contributed by atoms with Gasteiger partial charge in [-0.1, -0.05) is 18.2 Å². The fraction of sp³-hybridized carbons (Fsp3) is 0.429. The molecule has 1 aliphatic heterocycles. The molecule has 1 saturated heterocycles. The number of anilines is 2. The van der Waals surface area contributed by atoms with Crippen molar-refractivity contribution in [2.75, 3.05) is 36.4 Å². The second kappa shape index (κ2) is 8.73. The SMILES string of the molecule is Cc1cc(C)nc(N/C(=N/C(=S)NC2CC2)N2CCN(c3ccccc3)CC2)n1. The first-order valence-electron chi connectivity index (χ1n) is 10.1. The van der Waals surface area contributed by atoms with E-state index in [0.717, 1.165) is 50.4 Å². The molecule has 0 amide bonds. The zero-order valence-corrected chi connectivity index (χ0v) is 17.7. The average Bonchev–Trinajstić information content (AvgIpc) is 3.51. The van der Waals surface area contributed by atoms with E-state index in [9.17, 15) is 0 Å². The zero-order valence-electron chi connectivity index (χ0n) is 16.9. The first kappa shape index (κ1) is 19.6. The van der Waals surface area contributed by atoms with Gasteiger partial charge in [0.2, 0.25) is 11.9 Å². The van der Waals surface area contributed by atoms with Gasteiger partial charge in [-0.2, -0.15) is 4.99 Å². The van der Waals surface area contributed by atoms with Crippen molar-refractivity contribution < 1.29 is 0 Å². The summed E-state index contributed by atoms with van der Waals surface area (Å²) in [7, 11) is 0. The Labute approximate surface area is 177 Å². The van der Waals surface area contributed by atoms with E-state index in [2.05, 4.69) is 59.7 Å². The van der Waals surface area contributed by atoms with Gasteiger partial charge in [-0.3, -0.25) is 5.32 Å². The number of nitrogens with one attached hydrogen (secondary N) is 2. The van der Waals surface area contributed by atoms with Crippen LogP contribution in [0.25, 0.3) is 0 Å². The average molecular weight is 410 g/mol. The van der Waals surface area contributed by atoms with Crippen molar-refractivity contribution in [3.05, 3.63) is 47.8 Å². The summed E-state index contributed by atoms with van der Waals surface area (Å²) < 4.78 is 0. The molecule has 2 N–H and O–H groups in total. The summed E-state index contributed by atoms with van der Waals surface area (Å²) in [6, 6.07) is 12.9. The molecule has 2 aliphatic rings. The van der Waals surface area contributed by atoms with Gasteiger partial charge < -0.3 is 15.1 Å². The van der Waals surface area contributed by atoms with Crippen molar-refractivity contribution in [1.82, 2.24) is 20.2 Å². The molecule has 7 nitrogen and oxygen atoms in total. The molecule has 29 heavy (non-hydrogen) atoms. The summed E-state index contributed by atoms with van der Waals surface area (Å²) in [5, 5.41) is 7.13. The van der Waals surface area contributed by atoms with Crippen LogP contribution in [0.4, 0.5) is 11.6 Å². The summed E-state index contributed by atoms with van der Waals surface area (Å²) in [5.74, 6) is 1.27. The van der Waals surface area contributed by atoms with Crippen LogP contribution in [0.3, 0.4) is 0 Å². The smallest absolute Gasteiger partial charge is 0.229 e. The first-order chi connectivity index (χ1) is 14.1. The van der Waals surface area contributed by atoms with Crippen LogP contribution in [-0.4, -0.2) is 58.2 Å². The van der Waals surface area contributed by atoms with E-state index in [4.69, 9.17) is 12.2 Å². The van der Waals surface area contributed by atoms with E-state index in [1.54, 1.807) is 0 Å². The minimum absolute atomic E-state index is 0.472. The standard InChI is InChI=1S/C21H27N7S/c1-15-14-16(2)23-19(22-15)25-20(26-21(29)24-17-8-9-17)28-12-10-27(11-13-28)18-6-4-3-5-7-18/h3-7,14,17H,8-13H2,1-2H3,(H2,22,23,24,25,26,29). The van der Waals surface area contributed by atoms with Gasteiger partial charge in [0.15, 0.2) is 5.11 Å². The van der Waals surface area contributed by atoms with Crippen LogP contribution in [0.5, 0.6) is 0 Å². The lowest BCUT2D eigenvalue weighted by molar-refractivity contribution is 0.385. The Bertz CT molecular complexity index is 867. The Morgan fingerprint density at radius 2 is 1.69 bits per heavy atom. The Morgan fingerprint density at radius 3 is 2.31 bits per heavy atom. The summed E-state index contributed by atoms with van der Waals surface area (Å²) in [6.45, 7) is 7.46. The third-order valence-corrected chi connectivity index (χ3v) is 5.23. The lowest BCUT2D eigenvalue weighted by Gasteiger charge is -2.37. The molecule has 2 fully saturated rings. The van der Waals surface area contributed by atoms with E-state index < -0.39 is 0 Å². The molecule has 0 spiro atoms. The predicted octanol–water partition coefficient (Wildman–Crippen LogP) is 2.72. The van der Waals surface area contributed by atoms with Crippen molar-refractivity contribution in [3.63, 3.8) is 0 Å². The quantitative estimate of drug-likeness (QED) is 0.459. The number of aliphatic imine (C=N–C) groups is 1. The van der Waals surface area contributed by atoms with E-state index in [-0.39, 0.29) is 0 Å². The second-order valence-corrected chi connectivity index (χ2v) is 7.95. The van der Waals surface area contributed by atoms with Crippen molar-refractivity contribution in [2.24, 2.45) is 4.99 Å². The van der Waals surface area contributed by atoms with Crippen LogP contribution in [0.15, 0.2) is 41.4 Å². The van der Waals surface area contributed by atoms with Crippen molar-refractivity contribution in [2.45, 2.75) is 32.7 Å². The number of thiocarbonyl (C=S) groups is 1. The third kappa shape index (κ3) is 5.41. The van der Waals surface area contributed by atoms with Gasteiger partial charge >= 0.3 is 0 Å². The van der Waals surface area contributed by atoms with Gasteiger partial charge in [0.05, 0.1) is 0 Å². The number of para-hydroxylation sites is 1. The highest BCUT2D eigenvalue weighted by Crippen LogP contribution is 2.19. The summed E-state index contributed by atoms with van der Waals surface area (Å²) in [5.41, 5.74) is 3.10. The van der Waals surface area contributed by atoms with E-state index in [1.165, 1.54) is 5.69 Å². The molecule has 4 rings (SSSR count). The van der Waals surface area contributed by atoms with E-state index in [0.29, 0.717) is 23.1 Å². The molecule has 1 saturated carbocycles. The Balaban J connectivity index is 1.49. The monoisotopic (exact) mass is 409 g/mol. The summed E-state index contributed by atoms with van der Waals surface area (Å²) in [4.78, 5) is 18.3. The van der Waals surface area contributed by atoms with E-state index in [1.807, 2.05) is 26.0 Å². The van der Waals surface area contributed by atoms with Gasteiger partial charge in [-0.15, -0.1) is 0 Å². The van der Waals surface area contributed by atoms with Crippen LogP contribution in [0.1, 0.15) is 24.2 Å². The maximum absolute atomic E-state index is 5.47. The number of benzene rings is 1. The molecular weight excluding hydrogens is 382 g/mol.